The minimum atomic E-state index is 0. The fourth-order valence-electron chi connectivity index (χ4n) is 1.67. The van der Waals surface area contributed by atoms with Gasteiger partial charge in [0.25, 0.3) is 0 Å². The largest absolute Gasteiger partial charge is 0.380 e. The summed E-state index contributed by atoms with van der Waals surface area (Å²) in [6.45, 7) is 6.03. The van der Waals surface area contributed by atoms with Gasteiger partial charge < -0.3 is 15.8 Å². The summed E-state index contributed by atoms with van der Waals surface area (Å²) in [5.41, 5.74) is 5.75. The Kier molecular flexibility index (Phi) is 8.56. The Labute approximate surface area is 103 Å². The van der Waals surface area contributed by atoms with E-state index < -0.39 is 0 Å². The quantitative estimate of drug-likeness (QED) is 0.630. The SMILES string of the molecule is CCOCCNC(=O)CN1CC[C@@H](N)C1.Cl. The molecule has 0 unspecified atom stereocenters. The monoisotopic (exact) mass is 251 g/mol. The maximum absolute atomic E-state index is 11.4. The van der Waals surface area contributed by atoms with Crippen LogP contribution in [0.3, 0.4) is 0 Å². The minimum Gasteiger partial charge on any atom is -0.380 e. The van der Waals surface area contributed by atoms with Crippen LogP contribution in [-0.2, 0) is 9.53 Å². The molecule has 0 aromatic heterocycles. The van der Waals surface area contributed by atoms with Gasteiger partial charge in [0.05, 0.1) is 13.2 Å². The van der Waals surface area contributed by atoms with Gasteiger partial charge >= 0.3 is 0 Å². The molecular weight excluding hydrogens is 230 g/mol. The lowest BCUT2D eigenvalue weighted by atomic mass is 10.3. The molecule has 0 bridgehead atoms. The molecule has 1 aliphatic rings. The first-order valence-electron chi connectivity index (χ1n) is 5.54. The van der Waals surface area contributed by atoms with Crippen molar-refractivity contribution >= 4 is 18.3 Å². The third-order valence-electron chi connectivity index (χ3n) is 2.45. The Bertz CT molecular complexity index is 205. The van der Waals surface area contributed by atoms with Crippen molar-refractivity contribution in [2.24, 2.45) is 5.73 Å². The fraction of sp³-hybridized carbons (Fsp3) is 0.900. The lowest BCUT2D eigenvalue weighted by molar-refractivity contribution is -0.122. The van der Waals surface area contributed by atoms with E-state index in [0.717, 1.165) is 19.5 Å². The van der Waals surface area contributed by atoms with Gasteiger partial charge in [0.15, 0.2) is 0 Å². The Morgan fingerprint density at radius 3 is 2.94 bits per heavy atom. The third kappa shape index (κ3) is 6.27. The van der Waals surface area contributed by atoms with E-state index in [9.17, 15) is 4.79 Å². The van der Waals surface area contributed by atoms with Crippen LogP contribution in [-0.4, -0.2) is 56.2 Å². The molecule has 0 aromatic rings. The molecular formula is C10H22ClN3O2. The predicted octanol–water partition coefficient (Wildman–Crippen LogP) is -0.406. The van der Waals surface area contributed by atoms with E-state index in [4.69, 9.17) is 10.5 Å². The van der Waals surface area contributed by atoms with E-state index >= 15 is 0 Å². The van der Waals surface area contributed by atoms with Crippen LogP contribution in [0.15, 0.2) is 0 Å². The molecule has 96 valence electrons. The number of halogens is 1. The Morgan fingerprint density at radius 1 is 1.62 bits per heavy atom. The average Bonchev–Trinajstić information content (AvgIpc) is 2.59. The molecule has 0 aliphatic carbocycles. The fourth-order valence-corrected chi connectivity index (χ4v) is 1.67. The first kappa shape index (κ1) is 15.6. The molecule has 1 amide bonds. The van der Waals surface area contributed by atoms with Gasteiger partial charge in [0.1, 0.15) is 0 Å². The third-order valence-corrected chi connectivity index (χ3v) is 2.45. The van der Waals surface area contributed by atoms with Gasteiger partial charge in [-0.25, -0.2) is 0 Å². The molecule has 0 radical (unpaired) electrons. The van der Waals surface area contributed by atoms with Crippen LogP contribution in [0.1, 0.15) is 13.3 Å². The van der Waals surface area contributed by atoms with Crippen molar-refractivity contribution in [3.63, 3.8) is 0 Å². The summed E-state index contributed by atoms with van der Waals surface area (Å²) in [4.78, 5) is 13.5. The first-order valence-corrected chi connectivity index (χ1v) is 5.54. The molecule has 6 heteroatoms. The van der Waals surface area contributed by atoms with Crippen LogP contribution in [0.5, 0.6) is 0 Å². The van der Waals surface area contributed by atoms with Crippen LogP contribution in [0.2, 0.25) is 0 Å². The van der Waals surface area contributed by atoms with Gasteiger partial charge in [-0.2, -0.15) is 0 Å². The summed E-state index contributed by atoms with van der Waals surface area (Å²) in [7, 11) is 0. The highest BCUT2D eigenvalue weighted by molar-refractivity contribution is 5.85. The number of hydrogen-bond donors (Lipinski definition) is 2. The zero-order valence-corrected chi connectivity index (χ0v) is 10.6. The van der Waals surface area contributed by atoms with Crippen molar-refractivity contribution in [2.45, 2.75) is 19.4 Å². The van der Waals surface area contributed by atoms with Gasteiger partial charge in [-0.1, -0.05) is 0 Å². The van der Waals surface area contributed by atoms with Gasteiger partial charge in [0.2, 0.25) is 5.91 Å². The van der Waals surface area contributed by atoms with E-state index in [1.54, 1.807) is 0 Å². The molecule has 1 heterocycles. The second kappa shape index (κ2) is 8.75. The molecule has 0 spiro atoms. The smallest absolute Gasteiger partial charge is 0.234 e. The summed E-state index contributed by atoms with van der Waals surface area (Å²) >= 11 is 0. The van der Waals surface area contributed by atoms with Crippen LogP contribution >= 0.6 is 12.4 Å². The molecule has 1 fully saturated rings. The van der Waals surface area contributed by atoms with E-state index in [-0.39, 0.29) is 24.4 Å². The van der Waals surface area contributed by atoms with Crippen molar-refractivity contribution in [3.8, 4) is 0 Å². The highest BCUT2D eigenvalue weighted by Gasteiger charge is 2.20. The van der Waals surface area contributed by atoms with Crippen molar-refractivity contribution in [2.75, 3.05) is 39.4 Å². The van der Waals surface area contributed by atoms with Gasteiger partial charge in [0, 0.05) is 32.3 Å². The van der Waals surface area contributed by atoms with Gasteiger partial charge in [-0.3, -0.25) is 9.69 Å². The standard InChI is InChI=1S/C10H21N3O2.ClH/c1-2-15-6-4-12-10(14)8-13-5-3-9(11)7-13;/h9H,2-8,11H2,1H3,(H,12,14);1H/t9-;/m1./s1. The van der Waals surface area contributed by atoms with Gasteiger partial charge in [-0.05, 0) is 13.3 Å². The van der Waals surface area contributed by atoms with Crippen molar-refractivity contribution in [3.05, 3.63) is 0 Å². The van der Waals surface area contributed by atoms with Gasteiger partial charge in [-0.15, -0.1) is 12.4 Å². The number of likely N-dealkylation sites (tertiary alicyclic amines) is 1. The topological polar surface area (TPSA) is 67.6 Å². The molecule has 1 aliphatic heterocycles. The molecule has 5 nitrogen and oxygen atoms in total. The Balaban J connectivity index is 0.00000225. The lowest BCUT2D eigenvalue weighted by Gasteiger charge is -2.14. The normalized spacial score (nSPS) is 20.5. The Hall–Kier alpha value is -0.360. The zero-order valence-electron chi connectivity index (χ0n) is 9.78. The predicted molar refractivity (Wildman–Crippen MR) is 65.8 cm³/mol. The van der Waals surface area contributed by atoms with Crippen LogP contribution in [0.25, 0.3) is 0 Å². The van der Waals surface area contributed by atoms with Crippen LogP contribution in [0.4, 0.5) is 0 Å². The number of amides is 1. The zero-order chi connectivity index (χ0) is 11.1. The number of ether oxygens (including phenoxy) is 1. The molecule has 1 rings (SSSR count). The van der Waals surface area contributed by atoms with Crippen molar-refractivity contribution < 1.29 is 9.53 Å². The Morgan fingerprint density at radius 2 is 2.38 bits per heavy atom. The lowest BCUT2D eigenvalue weighted by Crippen LogP contribution is -2.38. The number of carbonyl (C=O) groups excluding carboxylic acids is 1. The van der Waals surface area contributed by atoms with Crippen LogP contribution < -0.4 is 11.1 Å². The maximum atomic E-state index is 11.4. The average molecular weight is 252 g/mol. The second-order valence-corrected chi connectivity index (χ2v) is 3.83. The van der Waals surface area contributed by atoms with Crippen LogP contribution in [0, 0.1) is 0 Å². The second-order valence-electron chi connectivity index (χ2n) is 3.83. The van der Waals surface area contributed by atoms with E-state index in [1.807, 2.05) is 6.92 Å². The number of hydrogen-bond acceptors (Lipinski definition) is 4. The molecule has 3 N–H and O–H groups in total. The molecule has 1 atom stereocenters. The summed E-state index contributed by atoms with van der Waals surface area (Å²) in [6, 6.07) is 0.237. The van der Waals surface area contributed by atoms with E-state index in [2.05, 4.69) is 10.2 Å². The number of nitrogens with zero attached hydrogens (tertiary/aromatic N) is 1. The molecule has 1 saturated heterocycles. The molecule has 16 heavy (non-hydrogen) atoms. The number of rotatable bonds is 6. The molecule has 0 saturated carbocycles. The number of nitrogens with one attached hydrogen (secondary N) is 1. The molecule has 0 aromatic carbocycles. The highest BCUT2D eigenvalue weighted by Crippen LogP contribution is 2.05. The van der Waals surface area contributed by atoms with E-state index in [0.29, 0.717) is 26.3 Å². The number of nitrogens with two attached hydrogens (primary N) is 1. The summed E-state index contributed by atoms with van der Waals surface area (Å²) in [6.07, 6.45) is 0.992. The number of carbonyl (C=O) groups is 1. The van der Waals surface area contributed by atoms with Crippen molar-refractivity contribution in [1.82, 2.24) is 10.2 Å². The minimum absolute atomic E-state index is 0. The maximum Gasteiger partial charge on any atom is 0.234 e. The van der Waals surface area contributed by atoms with E-state index in [1.165, 1.54) is 0 Å². The first-order chi connectivity index (χ1) is 7.22. The highest BCUT2D eigenvalue weighted by atomic mass is 35.5. The summed E-state index contributed by atoms with van der Waals surface area (Å²) in [5.74, 6) is 0.0591. The van der Waals surface area contributed by atoms with Crippen molar-refractivity contribution in [1.29, 1.82) is 0 Å². The summed E-state index contributed by atoms with van der Waals surface area (Å²) < 4.78 is 5.12. The summed E-state index contributed by atoms with van der Waals surface area (Å²) in [5, 5.41) is 2.81.